The monoisotopic (exact) mass is 405 g/mol. The number of carboxylic acids is 1. The van der Waals surface area contributed by atoms with Gasteiger partial charge in [0.2, 0.25) is 0 Å². The predicted octanol–water partition coefficient (Wildman–Crippen LogP) is 4.25. The first-order valence-electron chi connectivity index (χ1n) is 9.16. The van der Waals surface area contributed by atoms with Gasteiger partial charge in [0.15, 0.2) is 5.17 Å². The van der Waals surface area contributed by atoms with Crippen molar-refractivity contribution < 1.29 is 14.7 Å². The van der Waals surface area contributed by atoms with Gasteiger partial charge in [0, 0.05) is 29.7 Å². The highest BCUT2D eigenvalue weighted by atomic mass is 32.2. The molecule has 1 aliphatic heterocycles. The summed E-state index contributed by atoms with van der Waals surface area (Å²) in [5.41, 5.74) is 4.05. The van der Waals surface area contributed by atoms with Gasteiger partial charge in [-0.2, -0.15) is 0 Å². The molecule has 2 N–H and O–H groups in total. The van der Waals surface area contributed by atoms with E-state index in [9.17, 15) is 9.59 Å². The number of aromatic nitrogens is 1. The maximum Gasteiger partial charge on any atom is 0.329 e. The van der Waals surface area contributed by atoms with E-state index in [1.807, 2.05) is 49.5 Å². The molecule has 29 heavy (non-hydrogen) atoms. The topological polar surface area (TPSA) is 85.8 Å². The van der Waals surface area contributed by atoms with Crippen molar-refractivity contribution >= 4 is 45.4 Å². The number of nitrogens with zero attached hydrogens (tertiary/aromatic N) is 2. The van der Waals surface area contributed by atoms with Crippen molar-refractivity contribution in [3.63, 3.8) is 0 Å². The van der Waals surface area contributed by atoms with Gasteiger partial charge >= 0.3 is 5.97 Å². The number of amides is 1. The standard InChI is InChI=1S/C22H19N3O3S/c1-14-7-8-18-17(11-14)15(13-23-18)9-10-25-21(28)19(12-20(26)27)29-22(25)24-16-5-3-2-4-6-16/h2-8,11-13,23H,9-10H2,1H3,(H,26,27). The number of amidine groups is 1. The number of H-pyrrole nitrogens is 1. The number of hydrogen-bond donors (Lipinski definition) is 2. The Morgan fingerprint density at radius 2 is 2.03 bits per heavy atom. The molecular weight excluding hydrogens is 386 g/mol. The first-order valence-corrected chi connectivity index (χ1v) is 9.97. The molecule has 3 aromatic rings. The van der Waals surface area contributed by atoms with Gasteiger partial charge in [-0.1, -0.05) is 29.8 Å². The maximum atomic E-state index is 12.8. The van der Waals surface area contributed by atoms with Gasteiger partial charge < -0.3 is 10.1 Å². The number of nitrogens with one attached hydrogen (secondary N) is 1. The fourth-order valence-corrected chi connectivity index (χ4v) is 4.23. The lowest BCUT2D eigenvalue weighted by Gasteiger charge is -2.15. The van der Waals surface area contributed by atoms with Crippen molar-refractivity contribution in [2.45, 2.75) is 13.3 Å². The molecule has 2 heterocycles. The van der Waals surface area contributed by atoms with Crippen molar-refractivity contribution in [1.29, 1.82) is 0 Å². The van der Waals surface area contributed by atoms with E-state index >= 15 is 0 Å². The van der Waals surface area contributed by atoms with Gasteiger partial charge in [-0.05, 0) is 54.9 Å². The van der Waals surface area contributed by atoms with Gasteiger partial charge in [0.25, 0.3) is 5.91 Å². The molecule has 1 aliphatic rings. The average molecular weight is 405 g/mol. The van der Waals surface area contributed by atoms with Crippen LogP contribution in [0, 0.1) is 6.92 Å². The SMILES string of the molecule is Cc1ccc2[nH]cc(CCN3C(=O)C(=CC(=O)O)SC3=Nc3ccccc3)c2c1. The van der Waals surface area contributed by atoms with Crippen LogP contribution in [0.1, 0.15) is 11.1 Å². The molecular formula is C22H19N3O3S. The number of aliphatic carboxylic acids is 1. The summed E-state index contributed by atoms with van der Waals surface area (Å²) < 4.78 is 0. The largest absolute Gasteiger partial charge is 0.478 e. The number of para-hydroxylation sites is 1. The summed E-state index contributed by atoms with van der Waals surface area (Å²) in [6, 6.07) is 15.5. The van der Waals surface area contributed by atoms with Gasteiger partial charge in [-0.25, -0.2) is 9.79 Å². The Balaban J connectivity index is 1.63. The molecule has 0 unspecified atom stereocenters. The second-order valence-electron chi connectivity index (χ2n) is 6.75. The molecule has 0 spiro atoms. The van der Waals surface area contributed by atoms with Crippen LogP contribution in [0.4, 0.5) is 5.69 Å². The molecule has 0 radical (unpaired) electrons. The van der Waals surface area contributed by atoms with E-state index in [1.54, 1.807) is 4.90 Å². The van der Waals surface area contributed by atoms with Crippen LogP contribution in [0.15, 0.2) is 70.7 Å². The van der Waals surface area contributed by atoms with Gasteiger partial charge in [-0.3, -0.25) is 9.69 Å². The molecule has 2 aromatic carbocycles. The Bertz CT molecular complexity index is 1150. The van der Waals surface area contributed by atoms with Crippen LogP contribution in [0.25, 0.3) is 10.9 Å². The summed E-state index contributed by atoms with van der Waals surface area (Å²) in [4.78, 5) is 33.4. The summed E-state index contributed by atoms with van der Waals surface area (Å²) in [6.07, 6.45) is 3.53. The zero-order valence-electron chi connectivity index (χ0n) is 15.8. The number of rotatable bonds is 5. The highest BCUT2D eigenvalue weighted by Gasteiger charge is 2.33. The highest BCUT2D eigenvalue weighted by Crippen LogP contribution is 2.33. The third-order valence-corrected chi connectivity index (χ3v) is 5.66. The number of thioether (sulfide) groups is 1. The molecule has 0 bridgehead atoms. The zero-order valence-corrected chi connectivity index (χ0v) is 16.6. The van der Waals surface area contributed by atoms with Crippen molar-refractivity contribution in [2.75, 3.05) is 6.54 Å². The molecule has 0 aliphatic carbocycles. The Hall–Kier alpha value is -3.32. The van der Waals surface area contributed by atoms with Gasteiger partial charge in [-0.15, -0.1) is 0 Å². The number of carbonyl (C=O) groups is 2. The van der Waals surface area contributed by atoms with E-state index < -0.39 is 5.97 Å². The lowest BCUT2D eigenvalue weighted by atomic mass is 10.1. The second-order valence-corrected chi connectivity index (χ2v) is 7.76. The van der Waals surface area contributed by atoms with Crippen molar-refractivity contribution in [1.82, 2.24) is 9.88 Å². The quantitative estimate of drug-likeness (QED) is 0.622. The van der Waals surface area contributed by atoms with Gasteiger partial charge in [0.1, 0.15) is 0 Å². The van der Waals surface area contributed by atoms with Crippen molar-refractivity contribution in [3.8, 4) is 0 Å². The molecule has 1 amide bonds. The van der Waals surface area contributed by atoms with Crippen LogP contribution < -0.4 is 0 Å². The van der Waals surface area contributed by atoms with E-state index in [2.05, 4.69) is 22.1 Å². The Kier molecular flexibility index (Phi) is 5.22. The summed E-state index contributed by atoms with van der Waals surface area (Å²) in [6.45, 7) is 2.46. The van der Waals surface area contributed by atoms with Crippen LogP contribution in [0.3, 0.4) is 0 Å². The fraction of sp³-hybridized carbons (Fsp3) is 0.136. The minimum atomic E-state index is -1.14. The van der Waals surface area contributed by atoms with Crippen LogP contribution in [-0.4, -0.2) is 38.6 Å². The van der Waals surface area contributed by atoms with Crippen LogP contribution in [0.5, 0.6) is 0 Å². The predicted molar refractivity (Wildman–Crippen MR) is 115 cm³/mol. The first-order chi connectivity index (χ1) is 14.0. The Morgan fingerprint density at radius 3 is 2.79 bits per heavy atom. The number of carboxylic acid groups (broad SMARTS) is 1. The number of fused-ring (bicyclic) bond motifs is 1. The summed E-state index contributed by atoms with van der Waals surface area (Å²) in [5.74, 6) is -1.48. The zero-order chi connectivity index (χ0) is 20.4. The molecule has 1 fully saturated rings. The van der Waals surface area contributed by atoms with Gasteiger partial charge in [0.05, 0.1) is 10.6 Å². The van der Waals surface area contributed by atoms with Crippen LogP contribution in [-0.2, 0) is 16.0 Å². The molecule has 1 saturated heterocycles. The third kappa shape index (κ3) is 4.09. The number of carbonyl (C=O) groups excluding carboxylic acids is 1. The second kappa shape index (κ2) is 7.97. The molecule has 6 nitrogen and oxygen atoms in total. The average Bonchev–Trinajstić information content (AvgIpc) is 3.21. The summed E-state index contributed by atoms with van der Waals surface area (Å²) >= 11 is 1.09. The lowest BCUT2D eigenvalue weighted by Crippen LogP contribution is -2.31. The smallest absolute Gasteiger partial charge is 0.329 e. The van der Waals surface area contributed by atoms with Crippen LogP contribution in [0.2, 0.25) is 0 Å². The first kappa shape index (κ1) is 19.0. The van der Waals surface area contributed by atoms with E-state index in [-0.39, 0.29) is 10.8 Å². The molecule has 0 saturated carbocycles. The minimum Gasteiger partial charge on any atom is -0.478 e. The van der Waals surface area contributed by atoms with E-state index in [0.717, 1.165) is 34.3 Å². The molecule has 0 atom stereocenters. The highest BCUT2D eigenvalue weighted by molar-refractivity contribution is 8.18. The summed E-state index contributed by atoms with van der Waals surface area (Å²) in [7, 11) is 0. The summed E-state index contributed by atoms with van der Waals surface area (Å²) in [5, 5.41) is 10.7. The normalized spacial score (nSPS) is 17.0. The number of aromatic amines is 1. The molecule has 1 aromatic heterocycles. The van der Waals surface area contributed by atoms with E-state index in [0.29, 0.717) is 23.8 Å². The maximum absolute atomic E-state index is 12.8. The number of aliphatic imine (C=N–C) groups is 1. The minimum absolute atomic E-state index is 0.168. The van der Waals surface area contributed by atoms with Crippen LogP contribution >= 0.6 is 11.8 Å². The number of benzene rings is 2. The number of hydrogen-bond acceptors (Lipinski definition) is 4. The van der Waals surface area contributed by atoms with Crippen molar-refractivity contribution in [3.05, 3.63) is 76.8 Å². The van der Waals surface area contributed by atoms with Crippen molar-refractivity contribution in [2.24, 2.45) is 4.99 Å². The molecule has 146 valence electrons. The van der Waals surface area contributed by atoms with E-state index in [4.69, 9.17) is 5.11 Å². The fourth-order valence-electron chi connectivity index (χ4n) is 3.25. The molecule has 4 rings (SSSR count). The number of aryl methyl sites for hydroxylation is 1. The Morgan fingerprint density at radius 1 is 1.24 bits per heavy atom. The van der Waals surface area contributed by atoms with E-state index in [1.165, 1.54) is 5.56 Å². The lowest BCUT2D eigenvalue weighted by molar-refractivity contribution is -0.132. The third-order valence-electron chi connectivity index (χ3n) is 4.65. The molecule has 7 heteroatoms. The Labute approximate surface area is 171 Å².